The fourth-order valence-electron chi connectivity index (χ4n) is 2.48. The van der Waals surface area contributed by atoms with Crippen molar-refractivity contribution in [1.29, 1.82) is 5.26 Å². The average molecular weight is 328 g/mol. The molecule has 0 amide bonds. The molecule has 1 aromatic carbocycles. The van der Waals surface area contributed by atoms with E-state index in [1.54, 1.807) is 18.2 Å². The molecule has 1 heterocycles. The Morgan fingerprint density at radius 3 is 2.43 bits per heavy atom. The molecule has 0 aromatic heterocycles. The fraction of sp³-hybridized carbons (Fsp3) is 0.500. The minimum Gasteiger partial charge on any atom is -0.285 e. The first-order valence-corrected chi connectivity index (χ1v) is 8.71. The minimum atomic E-state index is -3.56. The Hall–Kier alpha value is -1.13. The van der Waals surface area contributed by atoms with E-state index in [1.165, 1.54) is 10.4 Å². The summed E-state index contributed by atoms with van der Waals surface area (Å²) in [5, 5.41) is 9.32. The van der Waals surface area contributed by atoms with Crippen molar-refractivity contribution in [2.75, 3.05) is 26.2 Å². The van der Waals surface area contributed by atoms with Crippen molar-refractivity contribution in [2.24, 2.45) is 0 Å². The second kappa shape index (κ2) is 6.75. The van der Waals surface area contributed by atoms with Crippen LogP contribution in [-0.2, 0) is 10.0 Å². The predicted molar refractivity (Wildman–Crippen MR) is 81.5 cm³/mol. The number of hydrogen-bond donors (Lipinski definition) is 0. The molecule has 1 saturated heterocycles. The third-order valence-electron chi connectivity index (χ3n) is 3.70. The van der Waals surface area contributed by atoms with Crippen molar-refractivity contribution < 1.29 is 8.42 Å². The van der Waals surface area contributed by atoms with Crippen LogP contribution in [0.1, 0.15) is 13.3 Å². The van der Waals surface area contributed by atoms with Gasteiger partial charge in [-0.3, -0.25) is 4.90 Å². The molecule has 0 aliphatic carbocycles. The highest BCUT2D eigenvalue weighted by molar-refractivity contribution is 7.89. The molecule has 1 aliphatic heterocycles. The normalized spacial score (nSPS) is 19.1. The summed E-state index contributed by atoms with van der Waals surface area (Å²) in [4.78, 5) is 2.17. The first-order valence-electron chi connectivity index (χ1n) is 6.89. The highest BCUT2D eigenvalue weighted by atomic mass is 35.5. The van der Waals surface area contributed by atoms with E-state index in [9.17, 15) is 8.42 Å². The van der Waals surface area contributed by atoms with Crippen LogP contribution in [0.5, 0.6) is 0 Å². The van der Waals surface area contributed by atoms with Crippen LogP contribution in [0.25, 0.3) is 0 Å². The second-order valence-electron chi connectivity index (χ2n) is 4.92. The maximum atomic E-state index is 12.6. The number of rotatable bonds is 4. The maximum absolute atomic E-state index is 12.6. The van der Waals surface area contributed by atoms with E-state index in [4.69, 9.17) is 16.9 Å². The van der Waals surface area contributed by atoms with Crippen LogP contribution in [0.3, 0.4) is 0 Å². The SMILES string of the molecule is CCC(C#N)N1CCN(S(=O)(=O)c2ccccc2Cl)CC1. The van der Waals surface area contributed by atoms with E-state index >= 15 is 0 Å². The Bertz CT molecular complexity index is 634. The number of sulfonamides is 1. The summed E-state index contributed by atoms with van der Waals surface area (Å²) in [6, 6.07) is 8.58. The van der Waals surface area contributed by atoms with Crippen molar-refractivity contribution in [3.05, 3.63) is 29.3 Å². The molecule has 0 spiro atoms. The van der Waals surface area contributed by atoms with Crippen molar-refractivity contribution in [2.45, 2.75) is 24.3 Å². The summed E-state index contributed by atoms with van der Waals surface area (Å²) in [6.45, 7) is 3.85. The first-order chi connectivity index (χ1) is 10.0. The minimum absolute atomic E-state index is 0.143. The van der Waals surface area contributed by atoms with Crippen molar-refractivity contribution >= 4 is 21.6 Å². The van der Waals surface area contributed by atoms with E-state index in [-0.39, 0.29) is 16.0 Å². The summed E-state index contributed by atoms with van der Waals surface area (Å²) < 4.78 is 26.6. The number of piperazine rings is 1. The van der Waals surface area contributed by atoms with E-state index < -0.39 is 10.0 Å². The molecule has 0 bridgehead atoms. The highest BCUT2D eigenvalue weighted by Crippen LogP contribution is 2.25. The van der Waals surface area contributed by atoms with Gasteiger partial charge in [0.1, 0.15) is 4.90 Å². The van der Waals surface area contributed by atoms with E-state index in [0.29, 0.717) is 26.2 Å². The molecule has 7 heteroatoms. The van der Waals surface area contributed by atoms with Crippen molar-refractivity contribution in [3.8, 4) is 6.07 Å². The molecule has 2 rings (SSSR count). The van der Waals surface area contributed by atoms with Gasteiger partial charge >= 0.3 is 0 Å². The molecule has 1 aromatic rings. The van der Waals surface area contributed by atoms with Gasteiger partial charge in [0.05, 0.1) is 17.1 Å². The van der Waals surface area contributed by atoms with E-state index in [0.717, 1.165) is 6.42 Å². The van der Waals surface area contributed by atoms with Gasteiger partial charge in [-0.05, 0) is 18.6 Å². The molecule has 5 nitrogen and oxygen atoms in total. The Balaban J connectivity index is 2.12. The standard InChI is InChI=1S/C14H18ClN3O2S/c1-2-12(11-16)17-7-9-18(10-8-17)21(19,20)14-6-4-3-5-13(14)15/h3-6,12H,2,7-10H2,1H3. The Kier molecular flexibility index (Phi) is 5.22. The van der Waals surface area contributed by atoms with Crippen molar-refractivity contribution in [3.63, 3.8) is 0 Å². The fourth-order valence-corrected chi connectivity index (χ4v) is 4.40. The molecule has 1 atom stereocenters. The zero-order valence-corrected chi connectivity index (χ0v) is 13.4. The zero-order chi connectivity index (χ0) is 15.5. The molecule has 21 heavy (non-hydrogen) atoms. The lowest BCUT2D eigenvalue weighted by Crippen LogP contribution is -2.51. The summed E-state index contributed by atoms with van der Waals surface area (Å²) in [5.74, 6) is 0. The van der Waals surface area contributed by atoms with Crippen LogP contribution < -0.4 is 0 Å². The van der Waals surface area contributed by atoms with Crippen LogP contribution in [-0.4, -0.2) is 49.8 Å². The second-order valence-corrected chi connectivity index (χ2v) is 7.24. The monoisotopic (exact) mass is 327 g/mol. The Labute approximate surface area is 130 Å². The largest absolute Gasteiger partial charge is 0.285 e. The third-order valence-corrected chi connectivity index (χ3v) is 6.10. The molecule has 0 saturated carbocycles. The number of nitrogens with zero attached hydrogens (tertiary/aromatic N) is 3. The highest BCUT2D eigenvalue weighted by Gasteiger charge is 2.31. The molecule has 1 aliphatic rings. The molecular weight excluding hydrogens is 310 g/mol. The van der Waals surface area contributed by atoms with Gasteiger partial charge in [-0.2, -0.15) is 9.57 Å². The smallest absolute Gasteiger partial charge is 0.244 e. The maximum Gasteiger partial charge on any atom is 0.244 e. The topological polar surface area (TPSA) is 64.4 Å². The lowest BCUT2D eigenvalue weighted by molar-refractivity contribution is 0.159. The summed E-state index contributed by atoms with van der Waals surface area (Å²) in [5.41, 5.74) is 0. The molecular formula is C14H18ClN3O2S. The summed E-state index contributed by atoms with van der Waals surface area (Å²) in [6.07, 6.45) is 0.744. The van der Waals surface area contributed by atoms with E-state index in [2.05, 4.69) is 6.07 Å². The van der Waals surface area contributed by atoms with Crippen LogP contribution in [0.4, 0.5) is 0 Å². The van der Waals surface area contributed by atoms with Crippen LogP contribution in [0, 0.1) is 11.3 Å². The number of hydrogen-bond acceptors (Lipinski definition) is 4. The lowest BCUT2D eigenvalue weighted by atomic mass is 10.2. The van der Waals surface area contributed by atoms with Gasteiger partial charge in [-0.25, -0.2) is 8.42 Å². The lowest BCUT2D eigenvalue weighted by Gasteiger charge is -2.36. The van der Waals surface area contributed by atoms with Gasteiger partial charge in [0.15, 0.2) is 0 Å². The first kappa shape index (κ1) is 16.2. The van der Waals surface area contributed by atoms with E-state index in [1.807, 2.05) is 11.8 Å². The van der Waals surface area contributed by atoms with Gasteiger partial charge < -0.3 is 0 Å². The number of benzene rings is 1. The number of nitriles is 1. The molecule has 1 unspecified atom stereocenters. The molecule has 0 N–H and O–H groups in total. The van der Waals surface area contributed by atoms with Crippen LogP contribution in [0.2, 0.25) is 5.02 Å². The molecule has 1 fully saturated rings. The summed E-state index contributed by atoms with van der Waals surface area (Å²) >= 11 is 5.99. The van der Waals surface area contributed by atoms with Gasteiger partial charge in [0, 0.05) is 26.2 Å². The van der Waals surface area contributed by atoms with Crippen LogP contribution in [0.15, 0.2) is 29.2 Å². The molecule has 114 valence electrons. The molecule has 0 radical (unpaired) electrons. The predicted octanol–water partition coefficient (Wildman–Crippen LogP) is 1.95. The van der Waals surface area contributed by atoms with Crippen molar-refractivity contribution in [1.82, 2.24) is 9.21 Å². The van der Waals surface area contributed by atoms with Crippen LogP contribution >= 0.6 is 11.6 Å². The average Bonchev–Trinajstić information content (AvgIpc) is 2.49. The Morgan fingerprint density at radius 1 is 1.29 bits per heavy atom. The quantitative estimate of drug-likeness (QED) is 0.848. The summed E-state index contributed by atoms with van der Waals surface area (Å²) in [7, 11) is -3.56. The number of halogens is 1. The zero-order valence-electron chi connectivity index (χ0n) is 11.9. The van der Waals surface area contributed by atoms with Gasteiger partial charge in [0.2, 0.25) is 10.0 Å². The Morgan fingerprint density at radius 2 is 1.90 bits per heavy atom. The third kappa shape index (κ3) is 3.38. The van der Waals surface area contributed by atoms with Gasteiger partial charge in [0.25, 0.3) is 0 Å². The van der Waals surface area contributed by atoms with Gasteiger partial charge in [-0.1, -0.05) is 30.7 Å². The van der Waals surface area contributed by atoms with Gasteiger partial charge in [-0.15, -0.1) is 0 Å².